The van der Waals surface area contributed by atoms with Crippen molar-refractivity contribution in [3.8, 4) is 0 Å². The molecule has 0 aromatic rings. The fraction of sp³-hybridized carbons (Fsp3) is 0.762. The molecule has 0 aliphatic heterocycles. The van der Waals surface area contributed by atoms with Crippen LogP contribution in [-0.2, 0) is 9.47 Å². The summed E-state index contributed by atoms with van der Waals surface area (Å²) in [5.74, 6) is 0.897. The Labute approximate surface area is 147 Å². The minimum Gasteiger partial charge on any atom is -0.431 e. The van der Waals surface area contributed by atoms with Crippen LogP contribution in [0.5, 0.6) is 0 Å². The predicted molar refractivity (Wildman–Crippen MR) is 97.9 cm³/mol. The van der Waals surface area contributed by atoms with Gasteiger partial charge in [0.25, 0.3) is 0 Å². The molecule has 0 saturated carbocycles. The van der Waals surface area contributed by atoms with Gasteiger partial charge in [0, 0.05) is 0 Å². The largest absolute Gasteiger partial charge is 0.508 e. The predicted octanol–water partition coefficient (Wildman–Crippen LogP) is 6.19. The first-order chi connectivity index (χ1) is 11.7. The standard InChI is InChI=1S/C21H34O3/c1-17(19-13-9-5-3-6-10-14-19)23-21(22)24-18(2)20-15-11-7-4-8-12-16-20/h3-5,7,17-20H,6,8-16H2,1-2H3/b5-3-,7-4-. The number of ether oxygens (including phenoxy) is 2. The van der Waals surface area contributed by atoms with Gasteiger partial charge in [0.2, 0.25) is 0 Å². The molecule has 0 bridgehead atoms. The SMILES string of the molecule is CC(OC(=O)OC(C)C1CC/C=C\CCC1)C1CC/C=C\CCC1. The lowest BCUT2D eigenvalue weighted by Gasteiger charge is -2.27. The minimum absolute atomic E-state index is 0.0588. The average molecular weight is 335 g/mol. The summed E-state index contributed by atoms with van der Waals surface area (Å²) in [6.07, 6.45) is 19.7. The van der Waals surface area contributed by atoms with Gasteiger partial charge in [0.15, 0.2) is 0 Å². The first kappa shape index (κ1) is 19.1. The first-order valence-electron chi connectivity index (χ1n) is 9.84. The number of rotatable bonds is 4. The molecule has 0 radical (unpaired) electrons. The summed E-state index contributed by atoms with van der Waals surface area (Å²) in [5, 5.41) is 0. The third kappa shape index (κ3) is 6.70. The summed E-state index contributed by atoms with van der Waals surface area (Å²) >= 11 is 0. The van der Waals surface area contributed by atoms with E-state index in [1.165, 1.54) is 12.8 Å². The third-order valence-corrected chi connectivity index (χ3v) is 5.52. The van der Waals surface area contributed by atoms with Crippen molar-refractivity contribution in [1.82, 2.24) is 0 Å². The molecule has 0 N–H and O–H groups in total. The third-order valence-electron chi connectivity index (χ3n) is 5.52. The van der Waals surface area contributed by atoms with Crippen LogP contribution < -0.4 is 0 Å². The van der Waals surface area contributed by atoms with Crippen LogP contribution in [0.2, 0.25) is 0 Å². The molecule has 0 amide bonds. The highest BCUT2D eigenvalue weighted by atomic mass is 16.7. The van der Waals surface area contributed by atoms with Gasteiger partial charge < -0.3 is 9.47 Å². The zero-order valence-corrected chi connectivity index (χ0v) is 15.4. The molecule has 2 aliphatic carbocycles. The van der Waals surface area contributed by atoms with Crippen LogP contribution in [0.25, 0.3) is 0 Å². The Morgan fingerprint density at radius 2 is 1.17 bits per heavy atom. The Balaban J connectivity index is 1.76. The van der Waals surface area contributed by atoms with Crippen molar-refractivity contribution in [1.29, 1.82) is 0 Å². The van der Waals surface area contributed by atoms with Gasteiger partial charge in [-0.25, -0.2) is 4.79 Å². The van der Waals surface area contributed by atoms with E-state index in [4.69, 9.17) is 9.47 Å². The fourth-order valence-electron chi connectivity index (χ4n) is 3.84. The lowest BCUT2D eigenvalue weighted by molar-refractivity contribution is -0.0259. The zero-order chi connectivity index (χ0) is 17.2. The molecular weight excluding hydrogens is 300 g/mol. The van der Waals surface area contributed by atoms with E-state index in [0.29, 0.717) is 11.8 Å². The molecule has 2 aliphatic rings. The topological polar surface area (TPSA) is 35.5 Å². The van der Waals surface area contributed by atoms with Gasteiger partial charge in [-0.1, -0.05) is 24.3 Å². The van der Waals surface area contributed by atoms with E-state index in [-0.39, 0.29) is 12.2 Å². The normalized spacial score (nSPS) is 30.6. The van der Waals surface area contributed by atoms with Crippen LogP contribution in [-0.4, -0.2) is 18.4 Å². The molecular formula is C21H34O3. The summed E-state index contributed by atoms with van der Waals surface area (Å²) < 4.78 is 11.2. The molecule has 24 heavy (non-hydrogen) atoms. The molecule has 4 unspecified atom stereocenters. The van der Waals surface area contributed by atoms with Gasteiger partial charge in [-0.2, -0.15) is 0 Å². The van der Waals surface area contributed by atoms with E-state index in [0.717, 1.165) is 51.4 Å². The molecule has 3 heteroatoms. The fourth-order valence-corrected chi connectivity index (χ4v) is 3.84. The number of carbonyl (C=O) groups excluding carboxylic acids is 1. The van der Waals surface area contributed by atoms with Crippen LogP contribution in [0.3, 0.4) is 0 Å². The van der Waals surface area contributed by atoms with Crippen molar-refractivity contribution in [2.24, 2.45) is 11.8 Å². The van der Waals surface area contributed by atoms with Gasteiger partial charge in [-0.3, -0.25) is 0 Å². The van der Waals surface area contributed by atoms with Crippen LogP contribution in [0.4, 0.5) is 4.79 Å². The zero-order valence-electron chi connectivity index (χ0n) is 15.4. The van der Waals surface area contributed by atoms with Gasteiger partial charge in [-0.05, 0) is 89.9 Å². The quantitative estimate of drug-likeness (QED) is 0.454. The lowest BCUT2D eigenvalue weighted by Crippen LogP contribution is -2.29. The van der Waals surface area contributed by atoms with Crippen molar-refractivity contribution in [3.05, 3.63) is 24.3 Å². The molecule has 0 aromatic heterocycles. The highest BCUT2D eigenvalue weighted by Crippen LogP contribution is 2.26. The van der Waals surface area contributed by atoms with E-state index in [1.54, 1.807) is 0 Å². The Kier molecular flexibility index (Phi) is 8.41. The van der Waals surface area contributed by atoms with Crippen molar-refractivity contribution in [3.63, 3.8) is 0 Å². The molecule has 4 atom stereocenters. The molecule has 0 fully saturated rings. The minimum atomic E-state index is -0.481. The summed E-state index contributed by atoms with van der Waals surface area (Å²) in [7, 11) is 0. The molecule has 0 saturated heterocycles. The van der Waals surface area contributed by atoms with E-state index >= 15 is 0 Å². The smallest absolute Gasteiger partial charge is 0.431 e. The van der Waals surface area contributed by atoms with Gasteiger partial charge >= 0.3 is 6.16 Å². The van der Waals surface area contributed by atoms with Gasteiger partial charge in [-0.15, -0.1) is 0 Å². The number of carbonyl (C=O) groups is 1. The van der Waals surface area contributed by atoms with Crippen molar-refractivity contribution in [2.75, 3.05) is 0 Å². The maximum absolute atomic E-state index is 12.2. The molecule has 2 rings (SSSR count). The van der Waals surface area contributed by atoms with Crippen LogP contribution in [0.1, 0.15) is 78.1 Å². The maximum atomic E-state index is 12.2. The monoisotopic (exact) mass is 334 g/mol. The first-order valence-corrected chi connectivity index (χ1v) is 9.84. The molecule has 3 nitrogen and oxygen atoms in total. The van der Waals surface area contributed by atoms with E-state index in [2.05, 4.69) is 24.3 Å². The second-order valence-corrected chi connectivity index (χ2v) is 7.38. The van der Waals surface area contributed by atoms with Crippen LogP contribution in [0.15, 0.2) is 24.3 Å². The van der Waals surface area contributed by atoms with Crippen LogP contribution >= 0.6 is 0 Å². The summed E-state index contributed by atoms with van der Waals surface area (Å²) in [6.45, 7) is 4.03. The van der Waals surface area contributed by atoms with Gasteiger partial charge in [0.1, 0.15) is 12.2 Å². The second kappa shape index (κ2) is 10.6. The van der Waals surface area contributed by atoms with E-state index in [9.17, 15) is 4.79 Å². The number of allylic oxidation sites excluding steroid dienone is 4. The Hall–Kier alpha value is -1.25. The van der Waals surface area contributed by atoms with E-state index in [1.807, 2.05) is 13.8 Å². The molecule has 0 heterocycles. The maximum Gasteiger partial charge on any atom is 0.508 e. The Bertz CT molecular complexity index is 389. The summed E-state index contributed by atoms with van der Waals surface area (Å²) in [5.41, 5.74) is 0. The molecule has 0 aromatic carbocycles. The van der Waals surface area contributed by atoms with Crippen molar-refractivity contribution < 1.29 is 14.3 Å². The highest BCUT2D eigenvalue weighted by molar-refractivity contribution is 5.60. The molecule has 136 valence electrons. The van der Waals surface area contributed by atoms with Crippen LogP contribution in [0, 0.1) is 11.8 Å². The Morgan fingerprint density at radius 1 is 0.750 bits per heavy atom. The van der Waals surface area contributed by atoms with E-state index < -0.39 is 6.16 Å². The average Bonchev–Trinajstić information content (AvgIpc) is 2.45. The summed E-state index contributed by atoms with van der Waals surface area (Å²) in [6, 6.07) is 0. The van der Waals surface area contributed by atoms with Gasteiger partial charge in [0.05, 0.1) is 0 Å². The lowest BCUT2D eigenvalue weighted by atomic mass is 9.90. The van der Waals surface area contributed by atoms with Crippen molar-refractivity contribution in [2.45, 2.75) is 90.3 Å². The Morgan fingerprint density at radius 3 is 1.62 bits per heavy atom. The second-order valence-electron chi connectivity index (χ2n) is 7.38. The number of hydrogen-bond donors (Lipinski definition) is 0. The summed E-state index contributed by atoms with van der Waals surface area (Å²) in [4.78, 5) is 12.2. The molecule has 0 spiro atoms. The van der Waals surface area contributed by atoms with Crippen molar-refractivity contribution >= 4 is 6.16 Å². The number of hydrogen-bond acceptors (Lipinski definition) is 3. The highest BCUT2D eigenvalue weighted by Gasteiger charge is 2.25.